The molecule has 0 saturated carbocycles. The Labute approximate surface area is 196 Å². The summed E-state index contributed by atoms with van der Waals surface area (Å²) in [5, 5.41) is 3.50. The fraction of sp³-hybridized carbons (Fsp3) is 0.458. The maximum Gasteiger partial charge on any atom is 0.224 e. The molecular weight excluding hydrogens is 448 g/mol. The summed E-state index contributed by atoms with van der Waals surface area (Å²) in [5.41, 5.74) is 2.11. The second-order valence-electron chi connectivity index (χ2n) is 8.15. The second-order valence-corrected chi connectivity index (χ2v) is 10.6. The molecule has 0 aliphatic carbocycles. The highest BCUT2D eigenvalue weighted by molar-refractivity contribution is 7.89. The van der Waals surface area contributed by atoms with Crippen molar-refractivity contribution in [2.24, 2.45) is 5.92 Å². The van der Waals surface area contributed by atoms with E-state index in [1.807, 2.05) is 49.4 Å². The number of sulfonamides is 1. The van der Waals surface area contributed by atoms with Gasteiger partial charge in [-0.15, -0.1) is 0 Å². The number of nitrogens with one attached hydrogen (secondary N) is 1. The van der Waals surface area contributed by atoms with Gasteiger partial charge in [-0.05, 0) is 55.9 Å². The smallest absolute Gasteiger partial charge is 0.224 e. The van der Waals surface area contributed by atoms with E-state index in [4.69, 9.17) is 16.3 Å². The van der Waals surface area contributed by atoms with Crippen molar-refractivity contribution in [3.8, 4) is 5.75 Å². The van der Waals surface area contributed by atoms with Crippen LogP contribution in [0.25, 0.3) is 0 Å². The van der Waals surface area contributed by atoms with Crippen molar-refractivity contribution in [1.29, 1.82) is 0 Å². The molecule has 8 heteroatoms. The van der Waals surface area contributed by atoms with Gasteiger partial charge in [-0.1, -0.05) is 48.0 Å². The SMILES string of the molecule is Cc1ccc(OCCNC(=O)[C@H]2CCCN(S(=O)(=O)CCCc3ccccc3)C2)cc1Cl. The summed E-state index contributed by atoms with van der Waals surface area (Å²) in [7, 11) is -3.37. The minimum absolute atomic E-state index is 0.100. The van der Waals surface area contributed by atoms with Gasteiger partial charge in [0.25, 0.3) is 0 Å². The number of piperidine rings is 1. The summed E-state index contributed by atoms with van der Waals surface area (Å²) in [5.74, 6) is 0.296. The molecule has 1 heterocycles. The van der Waals surface area contributed by atoms with Gasteiger partial charge >= 0.3 is 0 Å². The molecule has 1 fully saturated rings. The highest BCUT2D eigenvalue weighted by atomic mass is 35.5. The van der Waals surface area contributed by atoms with Gasteiger partial charge in [0.15, 0.2) is 0 Å². The molecule has 0 bridgehead atoms. The Hall–Kier alpha value is -2.09. The van der Waals surface area contributed by atoms with E-state index in [1.54, 1.807) is 6.07 Å². The number of carbonyl (C=O) groups excluding carboxylic acids is 1. The van der Waals surface area contributed by atoms with Gasteiger partial charge in [0.2, 0.25) is 15.9 Å². The van der Waals surface area contributed by atoms with Crippen LogP contribution in [0, 0.1) is 12.8 Å². The van der Waals surface area contributed by atoms with E-state index >= 15 is 0 Å². The van der Waals surface area contributed by atoms with Crippen molar-refractivity contribution in [3.05, 3.63) is 64.7 Å². The molecule has 0 unspecified atom stereocenters. The van der Waals surface area contributed by atoms with E-state index in [1.165, 1.54) is 4.31 Å². The van der Waals surface area contributed by atoms with Crippen molar-refractivity contribution < 1.29 is 17.9 Å². The fourth-order valence-electron chi connectivity index (χ4n) is 3.79. The van der Waals surface area contributed by atoms with Gasteiger partial charge in [-0.25, -0.2) is 12.7 Å². The molecule has 3 rings (SSSR count). The second kappa shape index (κ2) is 11.7. The molecule has 32 heavy (non-hydrogen) atoms. The van der Waals surface area contributed by atoms with Gasteiger partial charge in [-0.2, -0.15) is 0 Å². The van der Waals surface area contributed by atoms with Crippen molar-refractivity contribution in [2.45, 2.75) is 32.6 Å². The molecule has 2 aromatic rings. The van der Waals surface area contributed by atoms with Crippen LogP contribution in [0.1, 0.15) is 30.4 Å². The largest absolute Gasteiger partial charge is 0.492 e. The van der Waals surface area contributed by atoms with E-state index in [9.17, 15) is 13.2 Å². The third-order valence-corrected chi connectivity index (χ3v) is 8.00. The quantitative estimate of drug-likeness (QED) is 0.527. The lowest BCUT2D eigenvalue weighted by atomic mass is 9.99. The molecular formula is C24H31ClN2O4S. The Balaban J connectivity index is 1.41. The molecule has 2 aromatic carbocycles. The van der Waals surface area contributed by atoms with E-state index in [0.717, 1.165) is 17.5 Å². The number of hydrogen-bond acceptors (Lipinski definition) is 4. The Morgan fingerprint density at radius 3 is 2.75 bits per heavy atom. The summed E-state index contributed by atoms with van der Waals surface area (Å²) in [6, 6.07) is 15.3. The van der Waals surface area contributed by atoms with Crippen LogP contribution in [-0.2, 0) is 21.2 Å². The molecule has 0 radical (unpaired) electrons. The number of amides is 1. The zero-order chi connectivity index (χ0) is 23.0. The zero-order valence-corrected chi connectivity index (χ0v) is 20.0. The monoisotopic (exact) mass is 478 g/mol. The number of ether oxygens (including phenoxy) is 1. The molecule has 0 spiro atoms. The number of nitrogens with zero attached hydrogens (tertiary/aromatic N) is 1. The fourth-order valence-corrected chi connectivity index (χ4v) is 5.54. The van der Waals surface area contributed by atoms with Gasteiger partial charge in [0, 0.05) is 18.1 Å². The molecule has 1 aliphatic rings. The third kappa shape index (κ3) is 7.22. The van der Waals surface area contributed by atoms with Crippen molar-refractivity contribution in [2.75, 3.05) is 32.0 Å². The van der Waals surface area contributed by atoms with E-state index in [2.05, 4.69) is 5.32 Å². The van der Waals surface area contributed by atoms with Crippen molar-refractivity contribution in [3.63, 3.8) is 0 Å². The highest BCUT2D eigenvalue weighted by Gasteiger charge is 2.31. The molecule has 1 saturated heterocycles. The van der Waals surface area contributed by atoms with Crippen LogP contribution in [0.15, 0.2) is 48.5 Å². The maximum absolute atomic E-state index is 12.8. The molecule has 1 aliphatic heterocycles. The van der Waals surface area contributed by atoms with Crippen LogP contribution in [0.5, 0.6) is 5.75 Å². The van der Waals surface area contributed by atoms with E-state index in [-0.39, 0.29) is 24.1 Å². The maximum atomic E-state index is 12.8. The lowest BCUT2D eigenvalue weighted by molar-refractivity contribution is -0.126. The first-order valence-corrected chi connectivity index (χ1v) is 13.0. The van der Waals surface area contributed by atoms with Gasteiger partial charge in [-0.3, -0.25) is 4.79 Å². The Bertz CT molecular complexity index is 998. The molecule has 1 amide bonds. The van der Waals surface area contributed by atoms with Crippen LogP contribution in [0.4, 0.5) is 0 Å². The van der Waals surface area contributed by atoms with Crippen LogP contribution >= 0.6 is 11.6 Å². The zero-order valence-electron chi connectivity index (χ0n) is 18.4. The average Bonchev–Trinajstić information content (AvgIpc) is 2.79. The minimum Gasteiger partial charge on any atom is -0.492 e. The van der Waals surface area contributed by atoms with Crippen LogP contribution < -0.4 is 10.1 Å². The first-order chi connectivity index (χ1) is 15.3. The van der Waals surface area contributed by atoms with E-state index < -0.39 is 10.0 Å². The summed E-state index contributed by atoms with van der Waals surface area (Å²) in [4.78, 5) is 12.6. The molecule has 6 nitrogen and oxygen atoms in total. The van der Waals surface area contributed by atoms with Crippen molar-refractivity contribution >= 4 is 27.5 Å². The highest BCUT2D eigenvalue weighted by Crippen LogP contribution is 2.22. The predicted octanol–water partition coefficient (Wildman–Crippen LogP) is 3.82. The number of carbonyl (C=O) groups is 1. The summed E-state index contributed by atoms with van der Waals surface area (Å²) >= 11 is 6.09. The van der Waals surface area contributed by atoms with Crippen LogP contribution in [0.2, 0.25) is 5.02 Å². The number of hydrogen-bond donors (Lipinski definition) is 1. The Morgan fingerprint density at radius 2 is 2.00 bits per heavy atom. The molecule has 174 valence electrons. The summed E-state index contributed by atoms with van der Waals surface area (Å²) in [6.07, 6.45) is 2.68. The first kappa shape index (κ1) is 24.6. The summed E-state index contributed by atoms with van der Waals surface area (Å²) < 4.78 is 32.7. The topological polar surface area (TPSA) is 75.7 Å². The summed E-state index contributed by atoms with van der Waals surface area (Å²) in [6.45, 7) is 3.32. The van der Waals surface area contributed by atoms with Crippen LogP contribution in [-0.4, -0.2) is 50.6 Å². The van der Waals surface area contributed by atoms with Gasteiger partial charge in [0.05, 0.1) is 18.2 Å². The van der Waals surface area contributed by atoms with Crippen LogP contribution in [0.3, 0.4) is 0 Å². The van der Waals surface area contributed by atoms with Crippen molar-refractivity contribution in [1.82, 2.24) is 9.62 Å². The van der Waals surface area contributed by atoms with E-state index in [0.29, 0.717) is 49.7 Å². The molecule has 1 atom stereocenters. The molecule has 0 aromatic heterocycles. The first-order valence-electron chi connectivity index (χ1n) is 11.0. The molecule has 1 N–H and O–H groups in total. The Kier molecular flexibility index (Phi) is 8.96. The predicted molar refractivity (Wildman–Crippen MR) is 128 cm³/mol. The minimum atomic E-state index is -3.37. The standard InChI is InChI=1S/C24H31ClN2O4S/c1-19-11-12-22(17-23(19)25)31-15-13-26-24(28)21-10-5-14-27(18-21)32(29,30)16-6-9-20-7-3-2-4-8-20/h2-4,7-8,11-12,17,21H,5-6,9-10,13-16,18H2,1H3,(H,26,28)/t21-/m0/s1. The third-order valence-electron chi connectivity index (χ3n) is 5.67. The lowest BCUT2D eigenvalue weighted by Crippen LogP contribution is -2.46. The normalized spacial score (nSPS) is 17.1. The van der Waals surface area contributed by atoms with Gasteiger partial charge < -0.3 is 10.1 Å². The number of halogens is 1. The number of benzene rings is 2. The lowest BCUT2D eigenvalue weighted by Gasteiger charge is -2.31. The average molecular weight is 479 g/mol. The number of aryl methyl sites for hydroxylation is 2. The van der Waals surface area contributed by atoms with Gasteiger partial charge in [0.1, 0.15) is 12.4 Å². The Morgan fingerprint density at radius 1 is 1.22 bits per heavy atom. The number of rotatable bonds is 10.